The molecule has 156 valence electrons. The highest BCUT2D eigenvalue weighted by Crippen LogP contribution is 2.34. The van der Waals surface area contributed by atoms with Gasteiger partial charge in [-0.1, -0.05) is 35.1 Å². The number of nitro groups is 1. The lowest BCUT2D eigenvalue weighted by Crippen LogP contribution is -2.02. The van der Waals surface area contributed by atoms with E-state index in [1.165, 1.54) is 24.6 Å². The van der Waals surface area contributed by atoms with Crippen LogP contribution < -0.4 is 10.1 Å². The Morgan fingerprint density at radius 1 is 1.16 bits per heavy atom. The normalized spacial score (nSPS) is 10.7. The van der Waals surface area contributed by atoms with Gasteiger partial charge >= 0.3 is 5.69 Å². The van der Waals surface area contributed by atoms with E-state index in [0.29, 0.717) is 20.7 Å². The van der Waals surface area contributed by atoms with E-state index in [4.69, 9.17) is 16.3 Å². The average Bonchev–Trinajstić information content (AvgIpc) is 3.25. The molecule has 0 saturated heterocycles. The number of rotatable bonds is 6. The van der Waals surface area contributed by atoms with Gasteiger partial charge in [0.15, 0.2) is 5.01 Å². The van der Waals surface area contributed by atoms with Crippen LogP contribution in [-0.4, -0.2) is 32.2 Å². The van der Waals surface area contributed by atoms with E-state index >= 15 is 0 Å². The van der Waals surface area contributed by atoms with Crippen LogP contribution in [0.2, 0.25) is 5.02 Å². The Kier molecular flexibility index (Phi) is 5.69. The molecule has 2 aromatic carbocycles. The first kappa shape index (κ1) is 20.6. The quantitative estimate of drug-likeness (QED) is 0.313. The van der Waals surface area contributed by atoms with Crippen molar-refractivity contribution in [3.05, 3.63) is 69.6 Å². The number of nitro benzene ring substituents is 1. The molecule has 0 unspecified atom stereocenters. The lowest BCUT2D eigenvalue weighted by atomic mass is 10.2. The highest BCUT2D eigenvalue weighted by Gasteiger charge is 2.20. The average molecular weight is 459 g/mol. The van der Waals surface area contributed by atoms with Gasteiger partial charge in [0.2, 0.25) is 11.8 Å². The molecule has 0 amide bonds. The van der Waals surface area contributed by atoms with E-state index in [-0.39, 0.29) is 17.4 Å². The van der Waals surface area contributed by atoms with Gasteiger partial charge in [-0.3, -0.25) is 10.1 Å². The minimum atomic E-state index is -1.01. The fourth-order valence-electron chi connectivity index (χ4n) is 2.64. The molecule has 0 aliphatic rings. The number of benzene rings is 2. The molecule has 12 heteroatoms. The second kappa shape index (κ2) is 8.58. The predicted molar refractivity (Wildman–Crippen MR) is 114 cm³/mol. The molecule has 0 bridgehead atoms. The van der Waals surface area contributed by atoms with Crippen molar-refractivity contribution in [2.24, 2.45) is 0 Å². The van der Waals surface area contributed by atoms with Crippen LogP contribution in [0.3, 0.4) is 0 Å². The molecule has 31 heavy (non-hydrogen) atoms. The van der Waals surface area contributed by atoms with Gasteiger partial charge in [-0.2, -0.15) is 4.39 Å². The number of nitrogens with zero attached hydrogens (tertiary/aromatic N) is 5. The first-order chi connectivity index (χ1) is 14.9. The first-order valence-electron chi connectivity index (χ1n) is 8.66. The first-order valence-corrected chi connectivity index (χ1v) is 9.86. The molecule has 4 aromatic rings. The summed E-state index contributed by atoms with van der Waals surface area (Å²) in [6.07, 6.45) is 1.50. The number of aromatic nitrogens is 4. The second-order valence-electron chi connectivity index (χ2n) is 6.07. The number of methoxy groups -OCH3 is 1. The van der Waals surface area contributed by atoms with Crippen LogP contribution in [0.5, 0.6) is 5.75 Å². The van der Waals surface area contributed by atoms with Crippen LogP contribution in [0.1, 0.15) is 0 Å². The number of hydrogen-bond donors (Lipinski definition) is 1. The molecule has 0 radical (unpaired) electrons. The Labute approximate surface area is 183 Å². The standard InChI is InChI=1S/C19H12ClFN6O3S/c1-30-16-8-12(21)15(27(28)29)9-14(16)24-19-22-7-6-13(23-19)18-26-25-17(31-18)10-2-4-11(20)5-3-10/h2-9H,1H3,(H,22,23,24). The predicted octanol–water partition coefficient (Wildman–Crippen LogP) is 5.12. The second-order valence-corrected chi connectivity index (χ2v) is 7.48. The van der Waals surface area contributed by atoms with Crippen LogP contribution in [0.4, 0.5) is 21.7 Å². The van der Waals surface area contributed by atoms with Crippen molar-refractivity contribution in [1.29, 1.82) is 0 Å². The van der Waals surface area contributed by atoms with Crippen LogP contribution in [0, 0.1) is 15.9 Å². The molecule has 0 saturated carbocycles. The molecule has 0 fully saturated rings. The Hall–Kier alpha value is -3.70. The lowest BCUT2D eigenvalue weighted by Gasteiger charge is -2.10. The summed E-state index contributed by atoms with van der Waals surface area (Å²) in [6.45, 7) is 0. The Balaban J connectivity index is 1.63. The van der Waals surface area contributed by atoms with Gasteiger partial charge in [0, 0.05) is 28.9 Å². The van der Waals surface area contributed by atoms with Crippen molar-refractivity contribution < 1.29 is 14.1 Å². The van der Waals surface area contributed by atoms with Crippen LogP contribution in [0.15, 0.2) is 48.7 Å². The number of halogens is 2. The highest BCUT2D eigenvalue weighted by molar-refractivity contribution is 7.17. The summed E-state index contributed by atoms with van der Waals surface area (Å²) in [6, 6.07) is 10.8. The third-order valence-electron chi connectivity index (χ3n) is 4.10. The summed E-state index contributed by atoms with van der Waals surface area (Å²) in [4.78, 5) is 18.7. The van der Waals surface area contributed by atoms with Gasteiger partial charge in [-0.15, -0.1) is 10.2 Å². The zero-order valence-electron chi connectivity index (χ0n) is 15.7. The van der Waals surface area contributed by atoms with Gasteiger partial charge in [0.25, 0.3) is 0 Å². The summed E-state index contributed by atoms with van der Waals surface area (Å²) in [5.74, 6) is -0.816. The number of nitrogens with one attached hydrogen (secondary N) is 1. The SMILES string of the molecule is COc1cc(F)c([N+](=O)[O-])cc1Nc1nccc(-c2nnc(-c3ccc(Cl)cc3)s2)n1. The molecule has 2 aromatic heterocycles. The van der Waals surface area contributed by atoms with E-state index < -0.39 is 16.4 Å². The van der Waals surface area contributed by atoms with Gasteiger partial charge in [-0.25, -0.2) is 9.97 Å². The molecule has 9 nitrogen and oxygen atoms in total. The monoisotopic (exact) mass is 458 g/mol. The summed E-state index contributed by atoms with van der Waals surface area (Å²) in [7, 11) is 1.32. The zero-order valence-corrected chi connectivity index (χ0v) is 17.3. The van der Waals surface area contributed by atoms with Gasteiger partial charge in [-0.05, 0) is 18.2 Å². The topological polar surface area (TPSA) is 116 Å². The third-order valence-corrected chi connectivity index (χ3v) is 5.35. The van der Waals surface area contributed by atoms with E-state index in [1.807, 2.05) is 12.1 Å². The molecule has 0 aliphatic carbocycles. The maximum absolute atomic E-state index is 13.9. The van der Waals surface area contributed by atoms with Crippen molar-refractivity contribution in [3.8, 4) is 27.0 Å². The molecular formula is C19H12ClFN6O3S. The Morgan fingerprint density at radius 2 is 1.90 bits per heavy atom. The third kappa shape index (κ3) is 4.42. The van der Waals surface area contributed by atoms with E-state index in [9.17, 15) is 14.5 Å². The molecule has 0 spiro atoms. The van der Waals surface area contributed by atoms with E-state index in [0.717, 1.165) is 17.7 Å². The maximum Gasteiger partial charge on any atom is 0.307 e. The van der Waals surface area contributed by atoms with Gasteiger partial charge in [0.1, 0.15) is 16.5 Å². The number of hydrogen-bond acceptors (Lipinski definition) is 9. The summed E-state index contributed by atoms with van der Waals surface area (Å²) in [5, 5.41) is 24.1. The van der Waals surface area contributed by atoms with Crippen molar-refractivity contribution in [3.63, 3.8) is 0 Å². The summed E-state index contributed by atoms with van der Waals surface area (Å²) >= 11 is 7.25. The van der Waals surface area contributed by atoms with E-state index in [1.54, 1.807) is 18.2 Å². The van der Waals surface area contributed by atoms with Crippen LogP contribution in [0.25, 0.3) is 21.3 Å². The van der Waals surface area contributed by atoms with Crippen molar-refractivity contribution in [2.45, 2.75) is 0 Å². The molecule has 1 N–H and O–H groups in total. The molecule has 0 atom stereocenters. The van der Waals surface area contributed by atoms with Crippen molar-refractivity contribution in [2.75, 3.05) is 12.4 Å². The number of ether oxygens (including phenoxy) is 1. The number of anilines is 2. The summed E-state index contributed by atoms with van der Waals surface area (Å²) < 4.78 is 19.0. The van der Waals surface area contributed by atoms with Crippen LogP contribution >= 0.6 is 22.9 Å². The zero-order chi connectivity index (χ0) is 22.0. The maximum atomic E-state index is 13.9. The Bertz CT molecular complexity index is 1270. The minimum absolute atomic E-state index is 0.0676. The summed E-state index contributed by atoms with van der Waals surface area (Å²) in [5.41, 5.74) is 0.803. The molecular weight excluding hydrogens is 447 g/mol. The molecule has 2 heterocycles. The fraction of sp³-hybridized carbons (Fsp3) is 0.0526. The van der Waals surface area contributed by atoms with E-state index in [2.05, 4.69) is 25.5 Å². The molecule has 4 rings (SSSR count). The smallest absolute Gasteiger partial charge is 0.307 e. The Morgan fingerprint density at radius 3 is 2.61 bits per heavy atom. The van der Waals surface area contributed by atoms with Crippen molar-refractivity contribution in [1.82, 2.24) is 20.2 Å². The fourth-order valence-corrected chi connectivity index (χ4v) is 3.59. The molecule has 0 aliphatic heterocycles. The highest BCUT2D eigenvalue weighted by atomic mass is 35.5. The largest absolute Gasteiger partial charge is 0.494 e. The van der Waals surface area contributed by atoms with Crippen LogP contribution in [-0.2, 0) is 0 Å². The lowest BCUT2D eigenvalue weighted by molar-refractivity contribution is -0.387. The van der Waals surface area contributed by atoms with Gasteiger partial charge < -0.3 is 10.1 Å². The van der Waals surface area contributed by atoms with Gasteiger partial charge in [0.05, 0.1) is 17.7 Å². The van der Waals surface area contributed by atoms with Crippen molar-refractivity contribution >= 4 is 40.3 Å². The minimum Gasteiger partial charge on any atom is -0.494 e.